The van der Waals surface area contributed by atoms with Gasteiger partial charge in [0.05, 0.1) is 13.3 Å². The molecule has 0 aliphatic carbocycles. The van der Waals surface area contributed by atoms with E-state index in [0.29, 0.717) is 13.0 Å². The Hall–Kier alpha value is -2.29. The topological polar surface area (TPSA) is 21.3 Å². The Morgan fingerprint density at radius 2 is 1.50 bits per heavy atom. The molecule has 0 spiro atoms. The maximum Gasteiger partial charge on any atom is 0.119 e. The largest absolute Gasteiger partial charge is 0.494 e. The molecule has 1 N–H and O–H groups in total. The first kappa shape index (κ1) is 16.1. The van der Waals surface area contributed by atoms with Gasteiger partial charge in [0, 0.05) is 12.7 Å². The first-order valence-electron chi connectivity index (χ1n) is 7.56. The van der Waals surface area contributed by atoms with Crippen LogP contribution in [-0.4, -0.2) is 20.3 Å². The number of unbranched alkanes of at least 4 members (excludes halogenated alkanes) is 1. The molecule has 0 fully saturated rings. The summed E-state index contributed by atoms with van der Waals surface area (Å²) in [5.41, 5.74) is 3.38. The van der Waals surface area contributed by atoms with Crippen LogP contribution in [0.2, 0.25) is 0 Å². The Morgan fingerprint density at radius 1 is 0.909 bits per heavy atom. The smallest absolute Gasteiger partial charge is 0.119 e. The van der Waals surface area contributed by atoms with Crippen LogP contribution in [0.3, 0.4) is 0 Å². The van der Waals surface area contributed by atoms with Gasteiger partial charge in [-0.05, 0) is 48.2 Å². The van der Waals surface area contributed by atoms with Gasteiger partial charge in [-0.2, -0.15) is 0 Å². The number of anilines is 1. The molecule has 0 saturated heterocycles. The average Bonchev–Trinajstić information content (AvgIpc) is 2.58. The first-order valence-corrected chi connectivity index (χ1v) is 7.56. The van der Waals surface area contributed by atoms with E-state index in [-0.39, 0.29) is 6.67 Å². The zero-order valence-corrected chi connectivity index (χ0v) is 12.9. The van der Waals surface area contributed by atoms with Crippen LogP contribution < -0.4 is 10.1 Å². The standard InChI is InChI=1S/C19H22FNO/c1-21-18-10-6-16(7-11-18)4-5-17-8-12-19(13-9-17)22-15-3-2-14-20/h4-13,21H,2-3,14-15H2,1H3/b5-4+. The van der Waals surface area contributed by atoms with Gasteiger partial charge in [-0.1, -0.05) is 36.4 Å². The summed E-state index contributed by atoms with van der Waals surface area (Å²) in [7, 11) is 1.91. The van der Waals surface area contributed by atoms with Gasteiger partial charge in [-0.3, -0.25) is 4.39 Å². The number of hydrogen-bond acceptors (Lipinski definition) is 2. The molecule has 0 saturated carbocycles. The Balaban J connectivity index is 1.88. The molecule has 2 nitrogen and oxygen atoms in total. The fourth-order valence-corrected chi connectivity index (χ4v) is 2.02. The molecule has 2 aromatic rings. The van der Waals surface area contributed by atoms with Gasteiger partial charge in [0.2, 0.25) is 0 Å². The van der Waals surface area contributed by atoms with Gasteiger partial charge in [0.1, 0.15) is 5.75 Å². The number of rotatable bonds is 8. The van der Waals surface area contributed by atoms with E-state index in [9.17, 15) is 4.39 Å². The second-order valence-electron chi connectivity index (χ2n) is 5.02. The minimum atomic E-state index is -0.275. The zero-order chi connectivity index (χ0) is 15.6. The van der Waals surface area contributed by atoms with Crippen molar-refractivity contribution in [3.8, 4) is 5.75 Å². The molecule has 0 heterocycles. The summed E-state index contributed by atoms with van der Waals surface area (Å²) >= 11 is 0. The monoisotopic (exact) mass is 299 g/mol. The number of alkyl halides is 1. The van der Waals surface area contributed by atoms with Crippen LogP contribution >= 0.6 is 0 Å². The molecule has 0 aliphatic rings. The summed E-state index contributed by atoms with van der Waals surface area (Å²) in [5, 5.41) is 3.10. The lowest BCUT2D eigenvalue weighted by Crippen LogP contribution is -1.97. The molecule has 0 bridgehead atoms. The van der Waals surface area contributed by atoms with Gasteiger partial charge < -0.3 is 10.1 Å². The summed E-state index contributed by atoms with van der Waals surface area (Å²) in [5.74, 6) is 0.828. The number of hydrogen-bond donors (Lipinski definition) is 1. The van der Waals surface area contributed by atoms with Gasteiger partial charge in [0.15, 0.2) is 0 Å². The van der Waals surface area contributed by atoms with E-state index in [0.717, 1.165) is 29.0 Å². The fourth-order valence-electron chi connectivity index (χ4n) is 2.02. The van der Waals surface area contributed by atoms with Crippen LogP contribution in [0.15, 0.2) is 48.5 Å². The summed E-state index contributed by atoms with van der Waals surface area (Å²) in [6, 6.07) is 16.2. The summed E-state index contributed by atoms with van der Waals surface area (Å²) < 4.78 is 17.5. The van der Waals surface area contributed by atoms with E-state index in [1.807, 2.05) is 43.4 Å². The summed E-state index contributed by atoms with van der Waals surface area (Å²) in [4.78, 5) is 0. The van der Waals surface area contributed by atoms with E-state index in [1.165, 1.54) is 0 Å². The van der Waals surface area contributed by atoms with E-state index in [2.05, 4.69) is 29.6 Å². The maximum absolute atomic E-state index is 12.0. The highest BCUT2D eigenvalue weighted by Gasteiger charge is 1.95. The van der Waals surface area contributed by atoms with E-state index in [1.54, 1.807) is 0 Å². The Labute approximate surface area is 131 Å². The molecule has 2 aromatic carbocycles. The van der Waals surface area contributed by atoms with Crippen LogP contribution in [0, 0.1) is 0 Å². The van der Waals surface area contributed by atoms with Crippen molar-refractivity contribution in [2.75, 3.05) is 25.6 Å². The molecule has 0 amide bonds. The highest BCUT2D eigenvalue weighted by Crippen LogP contribution is 2.16. The molecular formula is C19H22FNO. The van der Waals surface area contributed by atoms with Crippen LogP contribution in [0.25, 0.3) is 12.2 Å². The van der Waals surface area contributed by atoms with Gasteiger partial charge in [-0.25, -0.2) is 0 Å². The Morgan fingerprint density at radius 3 is 2.05 bits per heavy atom. The molecule has 3 heteroatoms. The normalized spacial score (nSPS) is 10.8. The molecule has 0 atom stereocenters. The van der Waals surface area contributed by atoms with Gasteiger partial charge in [0.25, 0.3) is 0 Å². The summed E-state index contributed by atoms with van der Waals surface area (Å²) in [6.07, 6.45) is 5.46. The highest BCUT2D eigenvalue weighted by atomic mass is 19.1. The van der Waals surface area contributed by atoms with Crippen molar-refractivity contribution in [2.45, 2.75) is 12.8 Å². The van der Waals surface area contributed by atoms with E-state index < -0.39 is 0 Å². The fraction of sp³-hybridized carbons (Fsp3) is 0.263. The average molecular weight is 299 g/mol. The number of ether oxygens (including phenoxy) is 1. The molecule has 22 heavy (non-hydrogen) atoms. The Kier molecular flexibility index (Phi) is 6.49. The predicted octanol–water partition coefficient (Wildman–Crippen LogP) is 5.03. The SMILES string of the molecule is CNc1ccc(/C=C/c2ccc(OCCCCF)cc2)cc1. The van der Waals surface area contributed by atoms with Crippen molar-refractivity contribution >= 4 is 17.8 Å². The second-order valence-corrected chi connectivity index (χ2v) is 5.02. The minimum Gasteiger partial charge on any atom is -0.494 e. The number of halogens is 1. The van der Waals surface area contributed by atoms with Crippen molar-refractivity contribution in [3.05, 3.63) is 59.7 Å². The van der Waals surface area contributed by atoms with Crippen LogP contribution in [0.4, 0.5) is 10.1 Å². The minimum absolute atomic E-state index is 0.275. The molecule has 116 valence electrons. The van der Waals surface area contributed by atoms with Crippen molar-refractivity contribution < 1.29 is 9.13 Å². The van der Waals surface area contributed by atoms with Gasteiger partial charge in [-0.15, -0.1) is 0 Å². The number of benzene rings is 2. The summed E-state index contributed by atoms with van der Waals surface area (Å²) in [6.45, 7) is 0.291. The van der Waals surface area contributed by atoms with Crippen LogP contribution in [0.1, 0.15) is 24.0 Å². The molecular weight excluding hydrogens is 277 g/mol. The van der Waals surface area contributed by atoms with Crippen molar-refractivity contribution in [1.29, 1.82) is 0 Å². The van der Waals surface area contributed by atoms with E-state index >= 15 is 0 Å². The molecule has 0 unspecified atom stereocenters. The lowest BCUT2D eigenvalue weighted by molar-refractivity contribution is 0.297. The maximum atomic E-state index is 12.0. The van der Waals surface area contributed by atoms with Gasteiger partial charge >= 0.3 is 0 Å². The lowest BCUT2D eigenvalue weighted by atomic mass is 10.1. The zero-order valence-electron chi connectivity index (χ0n) is 12.9. The molecule has 0 aromatic heterocycles. The third kappa shape index (κ3) is 5.24. The molecule has 0 aliphatic heterocycles. The third-order valence-electron chi connectivity index (χ3n) is 3.34. The quantitative estimate of drug-likeness (QED) is 0.545. The molecule has 2 rings (SSSR count). The lowest BCUT2D eigenvalue weighted by Gasteiger charge is -2.05. The van der Waals surface area contributed by atoms with Crippen LogP contribution in [-0.2, 0) is 0 Å². The predicted molar refractivity (Wildman–Crippen MR) is 92.1 cm³/mol. The Bertz CT molecular complexity index is 575. The first-order chi connectivity index (χ1) is 10.8. The third-order valence-corrected chi connectivity index (χ3v) is 3.34. The van der Waals surface area contributed by atoms with Crippen LogP contribution in [0.5, 0.6) is 5.75 Å². The number of nitrogens with one attached hydrogen (secondary N) is 1. The molecule has 0 radical (unpaired) electrons. The second kappa shape index (κ2) is 8.88. The van der Waals surface area contributed by atoms with E-state index in [4.69, 9.17) is 4.74 Å². The van der Waals surface area contributed by atoms with Crippen molar-refractivity contribution in [2.24, 2.45) is 0 Å². The van der Waals surface area contributed by atoms with Crippen molar-refractivity contribution in [3.63, 3.8) is 0 Å². The van der Waals surface area contributed by atoms with Crippen molar-refractivity contribution in [1.82, 2.24) is 0 Å². The highest BCUT2D eigenvalue weighted by molar-refractivity contribution is 5.70.